The van der Waals surface area contributed by atoms with Crippen LogP contribution in [0.1, 0.15) is 16.1 Å². The molecule has 0 aliphatic heterocycles. The van der Waals surface area contributed by atoms with Crippen LogP contribution in [0.25, 0.3) is 10.7 Å². The lowest BCUT2D eigenvalue weighted by molar-refractivity contribution is -0.120. The fraction of sp³-hybridized carbons (Fsp3) is 0.211. The molecule has 25 heavy (non-hydrogen) atoms. The predicted molar refractivity (Wildman–Crippen MR) is 102 cm³/mol. The number of carbonyl (C=O) groups excluding carboxylic acids is 1. The number of hydrogen-bond acceptors (Lipinski definition) is 4. The Hall–Kier alpha value is -2.24. The molecule has 0 bridgehead atoms. The Labute approximate surface area is 155 Å². The molecule has 0 unspecified atom stereocenters. The number of hydrogen-bond donors (Lipinski definition) is 1. The van der Waals surface area contributed by atoms with Crippen LogP contribution in [-0.4, -0.2) is 22.4 Å². The van der Waals surface area contributed by atoms with Crippen molar-refractivity contribution in [2.45, 2.75) is 19.8 Å². The summed E-state index contributed by atoms with van der Waals surface area (Å²) in [5.74, 6) is 0.00767. The van der Waals surface area contributed by atoms with Crippen LogP contribution in [0.4, 0.5) is 0 Å². The van der Waals surface area contributed by atoms with Crippen LogP contribution < -0.4 is 5.32 Å². The number of halogens is 1. The van der Waals surface area contributed by atoms with Crippen LogP contribution in [0.2, 0.25) is 5.02 Å². The van der Waals surface area contributed by atoms with E-state index in [1.54, 1.807) is 6.20 Å². The average molecular weight is 372 g/mol. The Balaban J connectivity index is 1.54. The quantitative estimate of drug-likeness (QED) is 0.710. The highest BCUT2D eigenvalue weighted by molar-refractivity contribution is 7.15. The SMILES string of the molecule is Cc1nc(-c2ccccn2)sc1CC(=O)NCCc1ccc(Cl)cc1. The molecular weight excluding hydrogens is 354 g/mol. The molecular formula is C19H18ClN3OS. The van der Waals surface area contributed by atoms with Gasteiger partial charge in [-0.25, -0.2) is 4.98 Å². The van der Waals surface area contributed by atoms with Gasteiger partial charge in [-0.2, -0.15) is 0 Å². The van der Waals surface area contributed by atoms with Gasteiger partial charge < -0.3 is 5.32 Å². The second-order valence-corrected chi connectivity index (χ2v) is 7.17. The maximum atomic E-state index is 12.2. The first kappa shape index (κ1) is 17.6. The Bertz CT molecular complexity index is 847. The van der Waals surface area contributed by atoms with Crippen LogP contribution >= 0.6 is 22.9 Å². The highest BCUT2D eigenvalue weighted by atomic mass is 35.5. The van der Waals surface area contributed by atoms with Gasteiger partial charge in [-0.1, -0.05) is 29.8 Å². The highest BCUT2D eigenvalue weighted by Crippen LogP contribution is 2.26. The lowest BCUT2D eigenvalue weighted by Gasteiger charge is -2.05. The number of rotatable bonds is 6. The van der Waals surface area contributed by atoms with Crippen molar-refractivity contribution in [3.8, 4) is 10.7 Å². The molecule has 4 nitrogen and oxygen atoms in total. The lowest BCUT2D eigenvalue weighted by atomic mass is 10.1. The number of pyridine rings is 1. The monoisotopic (exact) mass is 371 g/mol. The van der Waals surface area contributed by atoms with Gasteiger partial charge >= 0.3 is 0 Å². The van der Waals surface area contributed by atoms with Crippen LogP contribution in [0.3, 0.4) is 0 Å². The minimum Gasteiger partial charge on any atom is -0.355 e. The number of aryl methyl sites for hydroxylation is 1. The van der Waals surface area contributed by atoms with Crippen LogP contribution in [0, 0.1) is 6.92 Å². The predicted octanol–water partition coefficient (Wildman–Crippen LogP) is 4.07. The van der Waals surface area contributed by atoms with Crippen molar-refractivity contribution in [2.75, 3.05) is 6.54 Å². The molecule has 0 aliphatic rings. The molecule has 6 heteroatoms. The normalized spacial score (nSPS) is 10.6. The first-order valence-electron chi connectivity index (χ1n) is 8.00. The van der Waals surface area contributed by atoms with E-state index in [9.17, 15) is 4.79 Å². The summed E-state index contributed by atoms with van der Waals surface area (Å²) >= 11 is 7.39. The van der Waals surface area contributed by atoms with Crippen LogP contribution in [0.5, 0.6) is 0 Å². The van der Waals surface area contributed by atoms with Crippen molar-refractivity contribution < 1.29 is 4.79 Å². The van der Waals surface area contributed by atoms with Crippen LogP contribution in [-0.2, 0) is 17.6 Å². The molecule has 3 rings (SSSR count). The van der Waals surface area contributed by atoms with Gasteiger partial charge in [-0.05, 0) is 43.2 Å². The second kappa shape index (κ2) is 8.23. The molecule has 128 valence electrons. The molecule has 1 amide bonds. The van der Waals surface area contributed by atoms with E-state index in [-0.39, 0.29) is 5.91 Å². The zero-order valence-corrected chi connectivity index (χ0v) is 15.4. The fourth-order valence-electron chi connectivity index (χ4n) is 2.40. The molecule has 1 N–H and O–H groups in total. The van der Waals surface area contributed by atoms with E-state index in [2.05, 4.69) is 15.3 Å². The third-order valence-electron chi connectivity index (χ3n) is 3.75. The number of aromatic nitrogens is 2. The molecule has 0 fully saturated rings. The first-order chi connectivity index (χ1) is 12.1. The van der Waals surface area contributed by atoms with Crippen molar-refractivity contribution in [1.82, 2.24) is 15.3 Å². The number of carbonyl (C=O) groups is 1. The number of nitrogens with zero attached hydrogens (tertiary/aromatic N) is 2. The minimum absolute atomic E-state index is 0.00767. The molecule has 1 aromatic carbocycles. The maximum Gasteiger partial charge on any atom is 0.225 e. The van der Waals surface area contributed by atoms with E-state index in [0.29, 0.717) is 13.0 Å². The smallest absolute Gasteiger partial charge is 0.225 e. The molecule has 0 spiro atoms. The minimum atomic E-state index is 0.00767. The second-order valence-electron chi connectivity index (χ2n) is 5.65. The maximum absolute atomic E-state index is 12.2. The molecule has 0 radical (unpaired) electrons. The highest BCUT2D eigenvalue weighted by Gasteiger charge is 2.13. The number of benzene rings is 1. The third kappa shape index (κ3) is 4.87. The van der Waals surface area contributed by atoms with Gasteiger partial charge in [0.1, 0.15) is 5.01 Å². The molecule has 2 aromatic heterocycles. The van der Waals surface area contributed by atoms with Crippen molar-refractivity contribution in [1.29, 1.82) is 0 Å². The zero-order chi connectivity index (χ0) is 17.6. The zero-order valence-electron chi connectivity index (χ0n) is 13.8. The van der Waals surface area contributed by atoms with Crippen molar-refractivity contribution in [2.24, 2.45) is 0 Å². The van der Waals surface area contributed by atoms with E-state index in [1.165, 1.54) is 11.3 Å². The molecule has 0 aliphatic carbocycles. The third-order valence-corrected chi connectivity index (χ3v) is 5.18. The van der Waals surface area contributed by atoms with Gasteiger partial charge in [0.15, 0.2) is 0 Å². The summed E-state index contributed by atoms with van der Waals surface area (Å²) in [6.45, 7) is 2.53. The summed E-state index contributed by atoms with van der Waals surface area (Å²) in [6, 6.07) is 13.4. The summed E-state index contributed by atoms with van der Waals surface area (Å²) in [7, 11) is 0. The molecule has 0 saturated heterocycles. The van der Waals surface area contributed by atoms with Gasteiger partial charge in [-0.3, -0.25) is 9.78 Å². The number of nitrogens with one attached hydrogen (secondary N) is 1. The molecule has 2 heterocycles. The first-order valence-corrected chi connectivity index (χ1v) is 9.20. The summed E-state index contributed by atoms with van der Waals surface area (Å²) < 4.78 is 0. The summed E-state index contributed by atoms with van der Waals surface area (Å²) in [5, 5.41) is 4.53. The fourth-order valence-corrected chi connectivity index (χ4v) is 3.56. The number of thiazole rings is 1. The van der Waals surface area contributed by atoms with Crippen molar-refractivity contribution >= 4 is 28.8 Å². The summed E-state index contributed by atoms with van der Waals surface area (Å²) in [5.41, 5.74) is 2.87. The Morgan fingerprint density at radius 3 is 2.72 bits per heavy atom. The number of amides is 1. The van der Waals surface area contributed by atoms with E-state index in [1.807, 2.05) is 49.4 Å². The standard InChI is InChI=1S/C19H18ClN3OS/c1-13-17(25-19(23-13)16-4-2-3-10-21-16)12-18(24)22-11-9-14-5-7-15(20)8-6-14/h2-8,10H,9,11-12H2,1H3,(H,22,24). The largest absolute Gasteiger partial charge is 0.355 e. The molecule has 0 atom stereocenters. The Kier molecular flexibility index (Phi) is 5.79. The lowest BCUT2D eigenvalue weighted by Crippen LogP contribution is -2.27. The van der Waals surface area contributed by atoms with E-state index >= 15 is 0 Å². The van der Waals surface area contributed by atoms with Gasteiger partial charge in [0.2, 0.25) is 5.91 Å². The Morgan fingerprint density at radius 2 is 2.00 bits per heavy atom. The topological polar surface area (TPSA) is 54.9 Å². The van der Waals surface area contributed by atoms with Gasteiger partial charge in [0.05, 0.1) is 17.8 Å². The van der Waals surface area contributed by atoms with E-state index in [0.717, 1.165) is 38.3 Å². The van der Waals surface area contributed by atoms with Crippen molar-refractivity contribution in [3.05, 3.63) is 69.8 Å². The Morgan fingerprint density at radius 1 is 1.20 bits per heavy atom. The molecule has 3 aromatic rings. The summed E-state index contributed by atoms with van der Waals surface area (Å²) in [4.78, 5) is 22.0. The summed E-state index contributed by atoms with van der Waals surface area (Å²) in [6.07, 6.45) is 2.87. The van der Waals surface area contributed by atoms with Crippen molar-refractivity contribution in [3.63, 3.8) is 0 Å². The van der Waals surface area contributed by atoms with E-state index in [4.69, 9.17) is 11.6 Å². The van der Waals surface area contributed by atoms with Crippen LogP contribution in [0.15, 0.2) is 48.7 Å². The van der Waals surface area contributed by atoms with Gasteiger partial charge in [0, 0.05) is 22.6 Å². The van der Waals surface area contributed by atoms with Gasteiger partial charge in [0.25, 0.3) is 0 Å². The average Bonchev–Trinajstić information content (AvgIpc) is 2.98. The van der Waals surface area contributed by atoms with Gasteiger partial charge in [-0.15, -0.1) is 11.3 Å². The van der Waals surface area contributed by atoms with E-state index < -0.39 is 0 Å². The molecule has 0 saturated carbocycles.